The first-order chi connectivity index (χ1) is 16.0. The maximum absolute atomic E-state index is 14.3. The Morgan fingerprint density at radius 3 is 2.15 bits per heavy atom. The number of aromatic carboxylic acids is 1. The van der Waals surface area contributed by atoms with Crippen molar-refractivity contribution in [3.63, 3.8) is 0 Å². The number of carboxylic acid groups (broad SMARTS) is 1. The number of nitrogens with zero attached hydrogens (tertiary/aromatic N) is 4. The second-order valence-corrected chi connectivity index (χ2v) is 8.34. The van der Waals surface area contributed by atoms with Gasteiger partial charge in [0.05, 0.1) is 16.8 Å². The predicted octanol–water partition coefficient (Wildman–Crippen LogP) is 3.04. The number of benzene rings is 2. The third-order valence-corrected chi connectivity index (χ3v) is 6.30. The number of hydrogen-bond acceptors (Lipinski definition) is 5. The fourth-order valence-corrected chi connectivity index (χ4v) is 4.22. The molecule has 0 atom stereocenters. The Labute approximate surface area is 192 Å². The van der Waals surface area contributed by atoms with Gasteiger partial charge in [-0.2, -0.15) is 5.10 Å². The van der Waals surface area contributed by atoms with Gasteiger partial charge in [0.15, 0.2) is 6.29 Å². The zero-order chi connectivity index (χ0) is 23.4. The van der Waals surface area contributed by atoms with Gasteiger partial charge in [-0.25, -0.2) is 13.9 Å². The molecule has 33 heavy (non-hydrogen) atoms. The number of carbonyl (C=O) groups is 2. The summed E-state index contributed by atoms with van der Waals surface area (Å²) in [5.41, 5.74) is 1.87. The number of aldehydes is 1. The predicted molar refractivity (Wildman–Crippen MR) is 123 cm³/mol. The van der Waals surface area contributed by atoms with Gasteiger partial charge >= 0.3 is 5.97 Å². The smallest absolute Gasteiger partial charge is 0.336 e. The molecular weight excluding hydrogens is 423 g/mol. The third kappa shape index (κ3) is 5.18. The maximum Gasteiger partial charge on any atom is 0.336 e. The van der Waals surface area contributed by atoms with Crippen LogP contribution in [0.2, 0.25) is 0 Å². The van der Waals surface area contributed by atoms with E-state index < -0.39 is 17.3 Å². The van der Waals surface area contributed by atoms with E-state index in [1.165, 1.54) is 45.3 Å². The molecule has 3 saturated heterocycles. The van der Waals surface area contributed by atoms with E-state index in [4.69, 9.17) is 0 Å². The topological polar surface area (TPSA) is 78.7 Å². The van der Waals surface area contributed by atoms with E-state index in [9.17, 15) is 19.1 Å². The molecule has 3 aliphatic rings. The zero-order valence-electron chi connectivity index (χ0n) is 18.6. The van der Waals surface area contributed by atoms with Crippen molar-refractivity contribution in [2.75, 3.05) is 39.3 Å². The lowest BCUT2D eigenvalue weighted by atomic mass is 9.94. The lowest BCUT2D eigenvalue weighted by Crippen LogP contribution is -2.55. The first-order valence-corrected chi connectivity index (χ1v) is 11.0. The summed E-state index contributed by atoms with van der Waals surface area (Å²) in [7, 11) is 0. The van der Waals surface area contributed by atoms with Crippen molar-refractivity contribution in [3.8, 4) is 5.69 Å². The maximum atomic E-state index is 14.3. The van der Waals surface area contributed by atoms with E-state index in [2.05, 4.69) is 14.9 Å². The first-order valence-electron chi connectivity index (χ1n) is 11.0. The van der Waals surface area contributed by atoms with Crippen molar-refractivity contribution in [2.24, 2.45) is 0 Å². The molecule has 0 amide bonds. The molecule has 172 valence electrons. The Hall–Kier alpha value is -3.36. The van der Waals surface area contributed by atoms with Gasteiger partial charge in [0, 0.05) is 51.7 Å². The van der Waals surface area contributed by atoms with Gasteiger partial charge in [0.25, 0.3) is 0 Å². The minimum atomic E-state index is -1.32. The Morgan fingerprint density at radius 1 is 1.09 bits per heavy atom. The fraction of sp³-hybridized carbons (Fsp3) is 0.320. The van der Waals surface area contributed by atoms with E-state index in [0.717, 1.165) is 11.3 Å². The Balaban J connectivity index is 0.000000269. The molecule has 3 fully saturated rings. The summed E-state index contributed by atoms with van der Waals surface area (Å²) in [6.45, 7) is 9.46. The number of aromatic nitrogens is 2. The lowest BCUT2D eigenvalue weighted by molar-refractivity contribution is 0.0647. The summed E-state index contributed by atoms with van der Waals surface area (Å²) in [6.07, 6.45) is 4.11. The quantitative estimate of drug-likeness (QED) is 0.602. The van der Waals surface area contributed by atoms with Crippen molar-refractivity contribution in [1.82, 2.24) is 19.6 Å². The molecule has 6 rings (SSSR count). The highest BCUT2D eigenvalue weighted by molar-refractivity contribution is 5.97. The summed E-state index contributed by atoms with van der Waals surface area (Å²) in [5, 5.41) is 13.4. The molecule has 3 aromatic rings. The monoisotopic (exact) mass is 450 g/mol. The number of carboxylic acids is 1. The first kappa shape index (κ1) is 22.8. The Morgan fingerprint density at radius 2 is 1.70 bits per heavy atom. The largest absolute Gasteiger partial charge is 0.478 e. The molecule has 0 saturated carbocycles. The van der Waals surface area contributed by atoms with Crippen LogP contribution in [-0.2, 0) is 6.42 Å². The number of rotatable bonds is 5. The minimum absolute atomic E-state index is 0.244. The van der Waals surface area contributed by atoms with Crippen molar-refractivity contribution in [3.05, 3.63) is 82.4 Å². The zero-order valence-corrected chi connectivity index (χ0v) is 18.6. The van der Waals surface area contributed by atoms with Crippen LogP contribution in [0, 0.1) is 12.7 Å². The van der Waals surface area contributed by atoms with Crippen LogP contribution in [0.25, 0.3) is 5.69 Å². The standard InChI is InChI=1S/C19H15FN2O3.C6H12N2/c1-12-14(10-16(19(24)25)17(11-23)18(12)20)9-13-3-5-15(6-4-13)22-8-2-7-21-22;1-2-8-5-3-7(1)4-6-8/h2-8,10-11H,9H2,1H3,(H,24,25);1-6H2. The average Bonchev–Trinajstić information content (AvgIpc) is 3.39. The van der Waals surface area contributed by atoms with Crippen LogP contribution < -0.4 is 0 Å². The van der Waals surface area contributed by atoms with Gasteiger partial charge in [-0.1, -0.05) is 12.1 Å². The van der Waals surface area contributed by atoms with E-state index >= 15 is 0 Å². The second-order valence-electron chi connectivity index (χ2n) is 8.34. The number of halogens is 1. The second kappa shape index (κ2) is 10.1. The molecule has 8 heteroatoms. The van der Waals surface area contributed by atoms with Crippen LogP contribution in [0.15, 0.2) is 48.8 Å². The summed E-state index contributed by atoms with van der Waals surface area (Å²) in [4.78, 5) is 27.4. The van der Waals surface area contributed by atoms with Gasteiger partial charge in [0.1, 0.15) is 5.82 Å². The Bertz CT molecular complexity index is 1100. The van der Waals surface area contributed by atoms with Crippen molar-refractivity contribution >= 4 is 12.3 Å². The summed E-state index contributed by atoms with van der Waals surface area (Å²) in [6, 6.07) is 10.7. The van der Waals surface area contributed by atoms with E-state index in [-0.39, 0.29) is 17.4 Å². The highest BCUT2D eigenvalue weighted by Crippen LogP contribution is 2.23. The van der Waals surface area contributed by atoms with Crippen LogP contribution >= 0.6 is 0 Å². The van der Waals surface area contributed by atoms with Crippen LogP contribution in [0.5, 0.6) is 0 Å². The molecular formula is C25H27FN4O3. The van der Waals surface area contributed by atoms with Crippen LogP contribution in [-0.4, -0.2) is 76.2 Å². The summed E-state index contributed by atoms with van der Waals surface area (Å²) < 4.78 is 16.0. The van der Waals surface area contributed by atoms with Crippen molar-refractivity contribution < 1.29 is 19.1 Å². The molecule has 0 spiro atoms. The number of hydrogen-bond donors (Lipinski definition) is 1. The van der Waals surface area contributed by atoms with Gasteiger partial charge in [-0.05, 0) is 54.3 Å². The van der Waals surface area contributed by atoms with Gasteiger partial charge < -0.3 is 5.11 Å². The number of carbonyl (C=O) groups excluding carboxylic acids is 1. The minimum Gasteiger partial charge on any atom is -0.478 e. The highest BCUT2D eigenvalue weighted by atomic mass is 19.1. The number of fused-ring (bicyclic) bond motifs is 3. The van der Waals surface area contributed by atoms with Crippen molar-refractivity contribution in [1.29, 1.82) is 0 Å². The highest BCUT2D eigenvalue weighted by Gasteiger charge is 2.22. The molecule has 0 unspecified atom stereocenters. The van der Waals surface area contributed by atoms with Gasteiger partial charge in [-0.15, -0.1) is 0 Å². The lowest BCUT2D eigenvalue weighted by Gasteiger charge is -2.41. The molecule has 4 heterocycles. The Kier molecular flexibility index (Phi) is 6.96. The SMILES string of the molecule is C1CN2CCN1CC2.Cc1c(Cc2ccc(-n3cccn3)cc2)cc(C(=O)O)c(C=O)c1F. The van der Waals surface area contributed by atoms with Crippen LogP contribution in [0.1, 0.15) is 37.4 Å². The summed E-state index contributed by atoms with van der Waals surface area (Å²) >= 11 is 0. The third-order valence-electron chi connectivity index (χ3n) is 6.30. The molecule has 0 aliphatic carbocycles. The van der Waals surface area contributed by atoms with Crippen molar-refractivity contribution in [2.45, 2.75) is 13.3 Å². The van der Waals surface area contributed by atoms with Crippen LogP contribution in [0.4, 0.5) is 4.39 Å². The van der Waals surface area contributed by atoms with Crippen LogP contribution in [0.3, 0.4) is 0 Å². The molecule has 7 nitrogen and oxygen atoms in total. The van der Waals surface area contributed by atoms with E-state index in [1.54, 1.807) is 17.8 Å². The summed E-state index contributed by atoms with van der Waals surface area (Å²) in [5.74, 6) is -2.10. The molecule has 0 radical (unpaired) electrons. The number of piperazine rings is 3. The van der Waals surface area contributed by atoms with Gasteiger partial charge in [-0.3, -0.25) is 14.6 Å². The van der Waals surface area contributed by atoms with E-state index in [1.807, 2.05) is 36.5 Å². The van der Waals surface area contributed by atoms with Gasteiger partial charge in [0.2, 0.25) is 0 Å². The molecule has 2 bridgehead atoms. The van der Waals surface area contributed by atoms with E-state index in [0.29, 0.717) is 12.0 Å². The average molecular weight is 451 g/mol. The normalized spacial score (nSPS) is 19.0. The molecule has 1 N–H and O–H groups in total. The fourth-order valence-electron chi connectivity index (χ4n) is 4.22. The molecule has 3 aliphatic heterocycles. The molecule has 1 aromatic heterocycles. The molecule has 2 aromatic carbocycles.